The van der Waals surface area contributed by atoms with Crippen LogP contribution < -0.4 is 5.32 Å². The Hall–Kier alpha value is -0.940. The van der Waals surface area contributed by atoms with Crippen molar-refractivity contribution in [1.29, 1.82) is 0 Å². The third-order valence-corrected chi connectivity index (χ3v) is 5.84. The normalized spacial score (nSPS) is 28.2. The van der Waals surface area contributed by atoms with Gasteiger partial charge in [-0.1, -0.05) is 30.3 Å². The summed E-state index contributed by atoms with van der Waals surface area (Å²) in [6, 6.07) is 12.7. The maximum atomic E-state index is 9.40. The summed E-state index contributed by atoms with van der Waals surface area (Å²) in [4.78, 5) is 2.67. The van der Waals surface area contributed by atoms with Gasteiger partial charge in [0.15, 0.2) is 0 Å². The Balaban J connectivity index is 1.52. The van der Waals surface area contributed by atoms with Crippen molar-refractivity contribution in [3.8, 4) is 0 Å². The molecule has 0 aromatic heterocycles. The number of aliphatic hydroxyl groups is 1. The lowest BCUT2D eigenvalue weighted by molar-refractivity contribution is 0.0773. The lowest BCUT2D eigenvalue weighted by Gasteiger charge is -2.39. The predicted octanol–water partition coefficient (Wildman–Crippen LogP) is 2.38. The Labute approximate surface area is 146 Å². The molecule has 2 N–H and O–H groups in total. The number of piperidine rings is 1. The van der Waals surface area contributed by atoms with Gasteiger partial charge in [0.2, 0.25) is 0 Å². The van der Waals surface area contributed by atoms with E-state index in [4.69, 9.17) is 4.74 Å². The summed E-state index contributed by atoms with van der Waals surface area (Å²) in [5.41, 5.74) is 1.33. The summed E-state index contributed by atoms with van der Waals surface area (Å²) in [5.74, 6) is 0.403. The SMILES string of the molecule is COCCN1C2CCC1CC(NCC(CCO)c1ccccc1)C2. The van der Waals surface area contributed by atoms with Gasteiger partial charge < -0.3 is 15.2 Å². The van der Waals surface area contributed by atoms with Crippen LogP contribution in [0.4, 0.5) is 0 Å². The van der Waals surface area contributed by atoms with Gasteiger partial charge in [-0.05, 0) is 43.6 Å². The number of ether oxygens (including phenoxy) is 1. The highest BCUT2D eigenvalue weighted by Crippen LogP contribution is 2.35. The van der Waals surface area contributed by atoms with E-state index in [1.165, 1.54) is 31.2 Å². The molecule has 3 unspecified atom stereocenters. The average molecular weight is 332 g/mol. The molecule has 2 heterocycles. The number of nitrogens with zero attached hydrogens (tertiary/aromatic N) is 1. The molecule has 1 aromatic rings. The summed E-state index contributed by atoms with van der Waals surface area (Å²) in [5, 5.41) is 13.2. The fourth-order valence-electron chi connectivity index (χ4n) is 4.58. The summed E-state index contributed by atoms with van der Waals surface area (Å²) >= 11 is 0. The summed E-state index contributed by atoms with van der Waals surface area (Å²) < 4.78 is 5.27. The van der Waals surface area contributed by atoms with Crippen molar-refractivity contribution >= 4 is 0 Å². The topological polar surface area (TPSA) is 44.7 Å². The standard InChI is InChI=1S/C20H32N2O2/c1-24-12-10-22-19-7-8-20(22)14-18(13-19)21-15-17(9-11-23)16-5-3-2-4-6-16/h2-6,17-21,23H,7-15H2,1H3. The molecule has 0 aliphatic carbocycles. The van der Waals surface area contributed by atoms with Crippen LogP contribution in [0.1, 0.15) is 43.6 Å². The third-order valence-electron chi connectivity index (χ3n) is 5.84. The first-order chi connectivity index (χ1) is 11.8. The Kier molecular flexibility index (Phi) is 6.67. The number of aliphatic hydroxyl groups excluding tert-OH is 1. The minimum absolute atomic E-state index is 0.252. The fourth-order valence-corrected chi connectivity index (χ4v) is 4.58. The summed E-state index contributed by atoms with van der Waals surface area (Å²) in [6.07, 6.45) is 6.01. The predicted molar refractivity (Wildman–Crippen MR) is 97.3 cm³/mol. The molecule has 2 saturated heterocycles. The number of methoxy groups -OCH3 is 1. The maximum Gasteiger partial charge on any atom is 0.0589 e. The molecule has 2 bridgehead atoms. The molecule has 24 heavy (non-hydrogen) atoms. The highest BCUT2D eigenvalue weighted by molar-refractivity contribution is 5.20. The van der Waals surface area contributed by atoms with Gasteiger partial charge in [-0.3, -0.25) is 4.90 Å². The number of hydrogen-bond donors (Lipinski definition) is 2. The van der Waals surface area contributed by atoms with Crippen molar-refractivity contribution in [2.24, 2.45) is 0 Å². The van der Waals surface area contributed by atoms with E-state index in [1.807, 2.05) is 0 Å². The van der Waals surface area contributed by atoms with Crippen LogP contribution >= 0.6 is 0 Å². The van der Waals surface area contributed by atoms with E-state index in [0.29, 0.717) is 12.0 Å². The number of nitrogens with one attached hydrogen (secondary N) is 1. The van der Waals surface area contributed by atoms with E-state index >= 15 is 0 Å². The van der Waals surface area contributed by atoms with Crippen molar-refractivity contribution in [1.82, 2.24) is 10.2 Å². The molecule has 0 radical (unpaired) electrons. The van der Waals surface area contributed by atoms with Gasteiger partial charge in [-0.15, -0.1) is 0 Å². The van der Waals surface area contributed by atoms with Crippen molar-refractivity contribution in [3.63, 3.8) is 0 Å². The van der Waals surface area contributed by atoms with Crippen LogP contribution in [0.3, 0.4) is 0 Å². The minimum atomic E-state index is 0.252. The first-order valence-corrected chi connectivity index (χ1v) is 9.45. The molecule has 134 valence electrons. The van der Waals surface area contributed by atoms with Crippen LogP contribution in [0, 0.1) is 0 Å². The Bertz CT molecular complexity index is 468. The summed E-state index contributed by atoms with van der Waals surface area (Å²) in [7, 11) is 1.79. The van der Waals surface area contributed by atoms with Crippen LogP contribution in [-0.2, 0) is 4.74 Å². The number of fused-ring (bicyclic) bond motifs is 2. The fraction of sp³-hybridized carbons (Fsp3) is 0.700. The Morgan fingerprint density at radius 2 is 1.92 bits per heavy atom. The van der Waals surface area contributed by atoms with Gasteiger partial charge in [0.05, 0.1) is 6.61 Å². The zero-order chi connectivity index (χ0) is 16.8. The molecule has 3 rings (SSSR count). The molecule has 2 fully saturated rings. The van der Waals surface area contributed by atoms with Crippen molar-refractivity contribution in [2.75, 3.05) is 33.4 Å². The second-order valence-corrected chi connectivity index (χ2v) is 7.31. The molecular weight excluding hydrogens is 300 g/mol. The van der Waals surface area contributed by atoms with E-state index in [0.717, 1.165) is 38.2 Å². The van der Waals surface area contributed by atoms with E-state index < -0.39 is 0 Å². The van der Waals surface area contributed by atoms with Gasteiger partial charge in [0, 0.05) is 44.9 Å². The third kappa shape index (κ3) is 4.37. The van der Waals surface area contributed by atoms with E-state index in [1.54, 1.807) is 7.11 Å². The van der Waals surface area contributed by atoms with Crippen LogP contribution in [0.2, 0.25) is 0 Å². The highest BCUT2D eigenvalue weighted by Gasteiger charge is 2.40. The lowest BCUT2D eigenvalue weighted by atomic mass is 9.93. The Morgan fingerprint density at radius 1 is 1.21 bits per heavy atom. The molecule has 4 nitrogen and oxygen atoms in total. The van der Waals surface area contributed by atoms with Gasteiger partial charge in [-0.2, -0.15) is 0 Å². The summed E-state index contributed by atoms with van der Waals surface area (Å²) in [6.45, 7) is 3.14. The first kappa shape index (κ1) is 17.9. The monoisotopic (exact) mass is 332 g/mol. The molecule has 1 aromatic carbocycles. The van der Waals surface area contributed by atoms with Crippen LogP contribution in [0.25, 0.3) is 0 Å². The van der Waals surface area contributed by atoms with E-state index in [2.05, 4.69) is 40.5 Å². The average Bonchev–Trinajstić information content (AvgIpc) is 2.85. The number of rotatable bonds is 9. The molecule has 2 aliphatic heterocycles. The molecule has 0 saturated carbocycles. The van der Waals surface area contributed by atoms with Crippen molar-refractivity contribution in [2.45, 2.75) is 56.1 Å². The second kappa shape index (κ2) is 8.95. The smallest absolute Gasteiger partial charge is 0.0589 e. The zero-order valence-electron chi connectivity index (χ0n) is 14.9. The van der Waals surface area contributed by atoms with Gasteiger partial charge in [-0.25, -0.2) is 0 Å². The maximum absolute atomic E-state index is 9.40. The van der Waals surface area contributed by atoms with Crippen molar-refractivity contribution < 1.29 is 9.84 Å². The lowest BCUT2D eigenvalue weighted by Crippen LogP contribution is -2.50. The zero-order valence-corrected chi connectivity index (χ0v) is 14.9. The van der Waals surface area contributed by atoms with Gasteiger partial charge in [0.25, 0.3) is 0 Å². The quantitative estimate of drug-likeness (QED) is 0.729. The van der Waals surface area contributed by atoms with Crippen LogP contribution in [0.5, 0.6) is 0 Å². The highest BCUT2D eigenvalue weighted by atomic mass is 16.5. The molecule has 0 spiro atoms. The van der Waals surface area contributed by atoms with Crippen LogP contribution in [0.15, 0.2) is 30.3 Å². The molecule has 3 atom stereocenters. The van der Waals surface area contributed by atoms with E-state index in [9.17, 15) is 5.11 Å². The molecule has 0 amide bonds. The number of benzene rings is 1. The van der Waals surface area contributed by atoms with E-state index in [-0.39, 0.29) is 6.61 Å². The largest absolute Gasteiger partial charge is 0.396 e. The van der Waals surface area contributed by atoms with Crippen molar-refractivity contribution in [3.05, 3.63) is 35.9 Å². The first-order valence-electron chi connectivity index (χ1n) is 9.45. The molecular formula is C20H32N2O2. The molecule has 4 heteroatoms. The van der Waals surface area contributed by atoms with Crippen LogP contribution in [-0.4, -0.2) is 61.5 Å². The minimum Gasteiger partial charge on any atom is -0.396 e. The number of hydrogen-bond acceptors (Lipinski definition) is 4. The van der Waals surface area contributed by atoms with Gasteiger partial charge in [0.1, 0.15) is 0 Å². The molecule has 2 aliphatic rings. The Morgan fingerprint density at radius 3 is 2.54 bits per heavy atom. The van der Waals surface area contributed by atoms with Gasteiger partial charge >= 0.3 is 0 Å². The second-order valence-electron chi connectivity index (χ2n) is 7.31.